The van der Waals surface area contributed by atoms with Gasteiger partial charge in [0.15, 0.2) is 0 Å². The highest BCUT2D eigenvalue weighted by Gasteiger charge is 2.16. The molecule has 1 amide bonds. The molecule has 3 rings (SSSR count). The number of benzene rings is 1. The highest BCUT2D eigenvalue weighted by atomic mass is 32.1. The Bertz CT molecular complexity index is 812. The topological polar surface area (TPSA) is 81.9 Å². The molecule has 0 radical (unpaired) electrons. The average Bonchev–Trinajstić information content (AvgIpc) is 3.15. The minimum atomic E-state index is -0.276. The molecule has 0 aliphatic heterocycles. The van der Waals surface area contributed by atoms with E-state index in [0.29, 0.717) is 22.4 Å². The van der Waals surface area contributed by atoms with Crippen molar-refractivity contribution in [2.75, 3.05) is 12.4 Å². The minimum absolute atomic E-state index is 0.276. The van der Waals surface area contributed by atoms with Crippen molar-refractivity contribution in [1.82, 2.24) is 20.0 Å². The van der Waals surface area contributed by atoms with Gasteiger partial charge in [0.25, 0.3) is 5.91 Å². The van der Waals surface area contributed by atoms with Gasteiger partial charge in [0.1, 0.15) is 17.3 Å². The number of methoxy groups -OCH3 is 1. The van der Waals surface area contributed by atoms with Crippen LogP contribution in [0.2, 0.25) is 0 Å². The molecule has 0 saturated carbocycles. The highest BCUT2D eigenvalue weighted by molar-refractivity contribution is 7.15. The van der Waals surface area contributed by atoms with Crippen molar-refractivity contribution < 1.29 is 9.53 Å². The summed E-state index contributed by atoms with van der Waals surface area (Å²) in [4.78, 5) is 12.4. The van der Waals surface area contributed by atoms with Crippen LogP contribution in [0.3, 0.4) is 0 Å². The Labute approximate surface area is 136 Å². The minimum Gasteiger partial charge on any atom is -0.377 e. The lowest BCUT2D eigenvalue weighted by atomic mass is 10.1. The molecule has 0 saturated heterocycles. The number of carbonyl (C=O) groups excluding carboxylic acids is 1. The van der Waals surface area contributed by atoms with Gasteiger partial charge in [-0.2, -0.15) is 5.10 Å². The predicted octanol–water partition coefficient (Wildman–Crippen LogP) is 2.34. The summed E-state index contributed by atoms with van der Waals surface area (Å²) < 4.78 is 6.53. The van der Waals surface area contributed by atoms with Crippen LogP contribution in [0.25, 0.3) is 11.3 Å². The Morgan fingerprint density at radius 1 is 1.30 bits per heavy atom. The van der Waals surface area contributed by atoms with E-state index in [2.05, 4.69) is 20.6 Å². The molecule has 1 aromatic carbocycles. The number of aromatic nitrogens is 4. The summed E-state index contributed by atoms with van der Waals surface area (Å²) in [7, 11) is 3.32. The number of amides is 1. The third-order valence-electron chi connectivity index (χ3n) is 3.14. The normalized spacial score (nSPS) is 10.7. The van der Waals surface area contributed by atoms with Crippen LogP contribution < -0.4 is 5.32 Å². The lowest BCUT2D eigenvalue weighted by Crippen LogP contribution is -2.15. The van der Waals surface area contributed by atoms with Gasteiger partial charge in [-0.25, -0.2) is 0 Å². The van der Waals surface area contributed by atoms with Crippen molar-refractivity contribution in [3.8, 4) is 11.3 Å². The van der Waals surface area contributed by atoms with E-state index in [1.165, 1.54) is 11.3 Å². The number of anilines is 1. The van der Waals surface area contributed by atoms with Crippen LogP contribution in [0.5, 0.6) is 0 Å². The molecule has 3 aromatic rings. The number of aryl methyl sites for hydroxylation is 1. The van der Waals surface area contributed by atoms with Crippen LogP contribution in [0.15, 0.2) is 36.4 Å². The summed E-state index contributed by atoms with van der Waals surface area (Å²) in [5.74, 6) is -0.276. The zero-order valence-corrected chi connectivity index (χ0v) is 13.5. The molecule has 2 heterocycles. The number of hydrogen-bond acceptors (Lipinski definition) is 6. The van der Waals surface area contributed by atoms with Gasteiger partial charge in [-0.05, 0) is 6.07 Å². The summed E-state index contributed by atoms with van der Waals surface area (Å²) >= 11 is 1.28. The van der Waals surface area contributed by atoms with Crippen molar-refractivity contribution in [2.24, 2.45) is 7.05 Å². The second-order valence-electron chi connectivity index (χ2n) is 4.79. The Kier molecular flexibility index (Phi) is 4.45. The summed E-state index contributed by atoms with van der Waals surface area (Å²) in [5, 5.41) is 16.1. The molecule has 0 aliphatic rings. The number of ether oxygens (including phenoxy) is 1. The van der Waals surface area contributed by atoms with Gasteiger partial charge in [0, 0.05) is 19.7 Å². The van der Waals surface area contributed by atoms with Gasteiger partial charge in [-0.1, -0.05) is 41.7 Å². The van der Waals surface area contributed by atoms with Crippen molar-refractivity contribution >= 4 is 22.4 Å². The second-order valence-corrected chi connectivity index (χ2v) is 5.85. The van der Waals surface area contributed by atoms with Crippen LogP contribution in [-0.4, -0.2) is 33.0 Å². The van der Waals surface area contributed by atoms with Crippen molar-refractivity contribution in [3.63, 3.8) is 0 Å². The van der Waals surface area contributed by atoms with Crippen LogP contribution in [0.4, 0.5) is 5.13 Å². The van der Waals surface area contributed by atoms with Gasteiger partial charge in [-0.3, -0.25) is 14.8 Å². The van der Waals surface area contributed by atoms with Gasteiger partial charge in [-0.15, -0.1) is 10.2 Å². The lowest BCUT2D eigenvalue weighted by Gasteiger charge is -2.00. The fourth-order valence-electron chi connectivity index (χ4n) is 2.08. The van der Waals surface area contributed by atoms with Crippen molar-refractivity contribution in [3.05, 3.63) is 47.1 Å². The van der Waals surface area contributed by atoms with Crippen LogP contribution in [0, 0.1) is 0 Å². The molecule has 0 unspecified atom stereocenters. The van der Waals surface area contributed by atoms with E-state index >= 15 is 0 Å². The zero-order valence-electron chi connectivity index (χ0n) is 12.7. The van der Waals surface area contributed by atoms with E-state index in [4.69, 9.17) is 4.74 Å². The van der Waals surface area contributed by atoms with Gasteiger partial charge >= 0.3 is 0 Å². The predicted molar refractivity (Wildman–Crippen MR) is 87.2 cm³/mol. The molecule has 118 valence electrons. The third kappa shape index (κ3) is 3.43. The standard InChI is InChI=1S/C15H15N5O2S/c1-20-12(8-11(19-20)10-6-4-3-5-7-10)14(21)16-15-18-17-13(23-15)9-22-2/h3-8H,9H2,1-2H3,(H,16,18,21). The molecular formula is C15H15N5O2S. The average molecular weight is 329 g/mol. The number of nitrogens with zero attached hydrogens (tertiary/aromatic N) is 4. The number of hydrogen-bond donors (Lipinski definition) is 1. The maximum Gasteiger partial charge on any atom is 0.275 e. The molecule has 8 heteroatoms. The van der Waals surface area contributed by atoms with E-state index in [1.807, 2.05) is 30.3 Å². The van der Waals surface area contributed by atoms with Gasteiger partial charge < -0.3 is 4.74 Å². The molecule has 0 aliphatic carbocycles. The SMILES string of the molecule is COCc1nnc(NC(=O)c2cc(-c3ccccc3)nn2C)s1. The lowest BCUT2D eigenvalue weighted by molar-refractivity contribution is 0.101. The first-order valence-corrected chi connectivity index (χ1v) is 7.71. The Balaban J connectivity index is 1.78. The van der Waals surface area contributed by atoms with Gasteiger partial charge in [0.2, 0.25) is 5.13 Å². The molecule has 0 atom stereocenters. The number of carbonyl (C=O) groups is 1. The Morgan fingerprint density at radius 2 is 2.09 bits per heavy atom. The van der Waals surface area contributed by atoms with E-state index in [1.54, 1.807) is 24.9 Å². The first-order chi connectivity index (χ1) is 11.2. The largest absolute Gasteiger partial charge is 0.377 e. The monoisotopic (exact) mass is 329 g/mol. The van der Waals surface area contributed by atoms with Crippen LogP contribution in [-0.2, 0) is 18.4 Å². The smallest absolute Gasteiger partial charge is 0.275 e. The molecule has 7 nitrogen and oxygen atoms in total. The fraction of sp³-hybridized carbons (Fsp3) is 0.200. The van der Waals surface area contributed by atoms with Crippen LogP contribution >= 0.6 is 11.3 Å². The quantitative estimate of drug-likeness (QED) is 0.777. The van der Waals surface area contributed by atoms with Crippen molar-refractivity contribution in [2.45, 2.75) is 6.61 Å². The maximum atomic E-state index is 12.4. The first kappa shape index (κ1) is 15.3. The molecule has 0 spiro atoms. The number of rotatable bonds is 5. The van der Waals surface area contributed by atoms with Crippen molar-refractivity contribution in [1.29, 1.82) is 0 Å². The van der Waals surface area contributed by atoms with Gasteiger partial charge in [0.05, 0.1) is 5.69 Å². The maximum absolute atomic E-state index is 12.4. The molecule has 0 fully saturated rings. The second kappa shape index (κ2) is 6.67. The van der Waals surface area contributed by atoms with Crippen LogP contribution in [0.1, 0.15) is 15.5 Å². The fourth-order valence-corrected chi connectivity index (χ4v) is 2.78. The molecular weight excluding hydrogens is 314 g/mol. The molecule has 2 aromatic heterocycles. The molecule has 0 bridgehead atoms. The summed E-state index contributed by atoms with van der Waals surface area (Å²) in [6.07, 6.45) is 0. The summed E-state index contributed by atoms with van der Waals surface area (Å²) in [6, 6.07) is 11.5. The Morgan fingerprint density at radius 3 is 2.83 bits per heavy atom. The highest BCUT2D eigenvalue weighted by Crippen LogP contribution is 2.20. The molecule has 1 N–H and O–H groups in total. The third-order valence-corrected chi connectivity index (χ3v) is 3.95. The number of nitrogens with one attached hydrogen (secondary N) is 1. The van der Waals surface area contributed by atoms with E-state index in [9.17, 15) is 4.79 Å². The first-order valence-electron chi connectivity index (χ1n) is 6.89. The summed E-state index contributed by atoms with van der Waals surface area (Å²) in [5.41, 5.74) is 2.16. The molecule has 23 heavy (non-hydrogen) atoms. The Hall–Kier alpha value is -2.58. The van der Waals surface area contributed by atoms with E-state index < -0.39 is 0 Å². The van der Waals surface area contributed by atoms with E-state index in [-0.39, 0.29) is 5.91 Å². The van der Waals surface area contributed by atoms with E-state index in [0.717, 1.165) is 11.3 Å². The zero-order chi connectivity index (χ0) is 16.2. The summed E-state index contributed by atoms with van der Waals surface area (Å²) in [6.45, 7) is 0.372.